The van der Waals surface area contributed by atoms with Gasteiger partial charge in [-0.15, -0.1) is 0 Å². The molecule has 1 aromatic heterocycles. The number of rotatable bonds is 3. The molecular weight excluding hydrogens is 298 g/mol. The third kappa shape index (κ3) is 3.11. The molecule has 0 unspecified atom stereocenters. The van der Waals surface area contributed by atoms with Crippen molar-refractivity contribution in [2.24, 2.45) is 0 Å². The van der Waals surface area contributed by atoms with E-state index < -0.39 is 0 Å². The Balaban J connectivity index is 2.60. The van der Waals surface area contributed by atoms with Crippen molar-refractivity contribution in [2.75, 3.05) is 14.1 Å². The Morgan fingerprint density at radius 1 is 1.21 bits per heavy atom. The predicted octanol–water partition coefficient (Wildman–Crippen LogP) is 3.71. The Morgan fingerprint density at radius 3 is 2.46 bits per heavy atom. The molecule has 0 saturated carbocycles. The molecule has 2 aromatic rings. The Bertz CT molecular complexity index is 864. The fourth-order valence-corrected chi connectivity index (χ4v) is 2.82. The molecule has 2 rings (SSSR count). The van der Waals surface area contributed by atoms with E-state index in [0.717, 1.165) is 22.6 Å². The molecule has 0 N–H and O–H groups in total. The second-order valence-electron chi connectivity index (χ2n) is 6.25. The lowest BCUT2D eigenvalue weighted by Gasteiger charge is -2.14. The smallest absolute Gasteiger partial charge is 0.264 e. The van der Waals surface area contributed by atoms with E-state index in [2.05, 4.69) is 30.5 Å². The van der Waals surface area contributed by atoms with Gasteiger partial charge in [-0.05, 0) is 62.6 Å². The van der Waals surface area contributed by atoms with Gasteiger partial charge in [0.25, 0.3) is 5.91 Å². The van der Waals surface area contributed by atoms with Gasteiger partial charge in [0.15, 0.2) is 0 Å². The molecule has 1 heterocycles. The minimum absolute atomic E-state index is 0.140. The summed E-state index contributed by atoms with van der Waals surface area (Å²) in [6.45, 7) is 8.24. The van der Waals surface area contributed by atoms with Crippen LogP contribution in [-0.4, -0.2) is 29.5 Å². The highest BCUT2D eigenvalue weighted by atomic mass is 16.2. The number of hydrogen-bond donors (Lipinski definition) is 0. The minimum atomic E-state index is -0.283. The van der Waals surface area contributed by atoms with Crippen molar-refractivity contribution in [3.8, 4) is 11.8 Å². The molecule has 0 bridgehead atoms. The van der Waals surface area contributed by atoms with Crippen molar-refractivity contribution in [1.29, 1.82) is 5.26 Å². The van der Waals surface area contributed by atoms with Gasteiger partial charge < -0.3 is 9.47 Å². The van der Waals surface area contributed by atoms with Gasteiger partial charge in [-0.2, -0.15) is 5.26 Å². The molecule has 0 radical (unpaired) electrons. The van der Waals surface area contributed by atoms with Gasteiger partial charge in [0.2, 0.25) is 0 Å². The molecule has 1 aromatic carbocycles. The van der Waals surface area contributed by atoms with Crippen molar-refractivity contribution in [3.63, 3.8) is 0 Å². The third-order valence-electron chi connectivity index (χ3n) is 4.34. The van der Waals surface area contributed by atoms with Gasteiger partial charge in [0, 0.05) is 31.2 Å². The lowest BCUT2D eigenvalue weighted by Crippen LogP contribution is -2.22. The largest absolute Gasteiger partial charge is 0.344 e. The van der Waals surface area contributed by atoms with Gasteiger partial charge in [-0.3, -0.25) is 4.79 Å². The number of aromatic nitrogens is 1. The number of nitrogens with zero attached hydrogens (tertiary/aromatic N) is 3. The topological polar surface area (TPSA) is 49.0 Å². The molecule has 0 aliphatic rings. The zero-order valence-corrected chi connectivity index (χ0v) is 15.1. The first kappa shape index (κ1) is 17.6. The molecule has 0 saturated heterocycles. The molecule has 24 heavy (non-hydrogen) atoms. The van der Waals surface area contributed by atoms with E-state index in [1.165, 1.54) is 16.0 Å². The highest BCUT2D eigenvalue weighted by Crippen LogP contribution is 2.26. The predicted molar refractivity (Wildman–Crippen MR) is 97.0 cm³/mol. The quantitative estimate of drug-likeness (QED) is 0.639. The second kappa shape index (κ2) is 6.76. The first-order chi connectivity index (χ1) is 11.3. The highest BCUT2D eigenvalue weighted by molar-refractivity contribution is 6.01. The van der Waals surface area contributed by atoms with E-state index in [-0.39, 0.29) is 11.5 Å². The lowest BCUT2D eigenvalue weighted by atomic mass is 10.1. The van der Waals surface area contributed by atoms with Crippen molar-refractivity contribution in [3.05, 3.63) is 57.9 Å². The van der Waals surface area contributed by atoms with Crippen LogP contribution in [0.2, 0.25) is 0 Å². The maximum atomic E-state index is 12.1. The van der Waals surface area contributed by atoms with Crippen LogP contribution >= 0.6 is 0 Å². The number of hydrogen-bond acceptors (Lipinski definition) is 2. The Morgan fingerprint density at radius 2 is 1.88 bits per heavy atom. The Kier molecular flexibility index (Phi) is 4.94. The normalized spacial score (nSPS) is 11.3. The number of likely N-dealkylation sites (N-methyl/N-ethyl adjacent to an activating group) is 1. The summed E-state index contributed by atoms with van der Waals surface area (Å²) in [5.41, 5.74) is 6.70. The van der Waals surface area contributed by atoms with Crippen LogP contribution in [0.15, 0.2) is 29.8 Å². The molecule has 4 nitrogen and oxygen atoms in total. The first-order valence-electron chi connectivity index (χ1n) is 7.87. The van der Waals surface area contributed by atoms with E-state index in [1.54, 1.807) is 20.2 Å². The summed E-state index contributed by atoms with van der Waals surface area (Å²) in [4.78, 5) is 13.5. The summed E-state index contributed by atoms with van der Waals surface area (Å²) in [6.07, 6.45) is 1.67. The molecule has 0 aliphatic heterocycles. The van der Waals surface area contributed by atoms with E-state index in [0.29, 0.717) is 0 Å². The summed E-state index contributed by atoms with van der Waals surface area (Å²) in [5.74, 6) is -0.283. The second-order valence-corrected chi connectivity index (χ2v) is 6.25. The molecule has 4 heteroatoms. The molecule has 0 atom stereocenters. The maximum Gasteiger partial charge on any atom is 0.264 e. The highest BCUT2D eigenvalue weighted by Gasteiger charge is 2.15. The van der Waals surface area contributed by atoms with Gasteiger partial charge in [-0.1, -0.05) is 12.1 Å². The monoisotopic (exact) mass is 321 g/mol. The molecule has 1 amide bonds. The van der Waals surface area contributed by atoms with Crippen molar-refractivity contribution in [1.82, 2.24) is 9.47 Å². The summed E-state index contributed by atoms with van der Waals surface area (Å²) in [6, 6.07) is 10.2. The molecule has 124 valence electrons. The standard InChI is InChI=1S/C20H23N3O/c1-13-8-7-9-19(15(13)3)23-14(2)10-17(16(23)4)11-18(12-21)20(24)22(5)6/h7-11H,1-6H3/b18-11-. The summed E-state index contributed by atoms with van der Waals surface area (Å²) < 4.78 is 2.17. The Labute approximate surface area is 143 Å². The molecule has 0 fully saturated rings. The maximum absolute atomic E-state index is 12.1. The summed E-state index contributed by atoms with van der Waals surface area (Å²) >= 11 is 0. The number of benzene rings is 1. The fourth-order valence-electron chi connectivity index (χ4n) is 2.82. The number of carbonyl (C=O) groups excluding carboxylic acids is 1. The lowest BCUT2D eigenvalue weighted by molar-refractivity contribution is -0.124. The van der Waals surface area contributed by atoms with Crippen LogP contribution in [0.1, 0.15) is 28.1 Å². The SMILES string of the molecule is Cc1cccc(-n2c(C)cc(/C=C(/C#N)C(=O)N(C)C)c2C)c1C. The number of amides is 1. The van der Waals surface area contributed by atoms with Crippen LogP contribution in [-0.2, 0) is 4.79 Å². The number of nitriles is 1. The van der Waals surface area contributed by atoms with Crippen LogP contribution in [0.25, 0.3) is 11.8 Å². The van der Waals surface area contributed by atoms with Crippen LogP contribution in [0.5, 0.6) is 0 Å². The van der Waals surface area contributed by atoms with Crippen molar-refractivity contribution >= 4 is 12.0 Å². The number of aryl methyl sites for hydroxylation is 2. The van der Waals surface area contributed by atoms with Gasteiger partial charge in [0.05, 0.1) is 0 Å². The van der Waals surface area contributed by atoms with Gasteiger partial charge in [-0.25, -0.2) is 0 Å². The summed E-state index contributed by atoms with van der Waals surface area (Å²) in [5, 5.41) is 9.30. The van der Waals surface area contributed by atoms with E-state index in [1.807, 2.05) is 32.0 Å². The van der Waals surface area contributed by atoms with E-state index in [4.69, 9.17) is 0 Å². The third-order valence-corrected chi connectivity index (χ3v) is 4.34. The van der Waals surface area contributed by atoms with Crippen LogP contribution in [0.3, 0.4) is 0 Å². The average molecular weight is 321 g/mol. The van der Waals surface area contributed by atoms with Crippen LogP contribution in [0.4, 0.5) is 0 Å². The minimum Gasteiger partial charge on any atom is -0.344 e. The van der Waals surface area contributed by atoms with Crippen LogP contribution in [0, 0.1) is 39.0 Å². The summed E-state index contributed by atoms with van der Waals surface area (Å²) in [7, 11) is 3.29. The van der Waals surface area contributed by atoms with Gasteiger partial charge in [0.1, 0.15) is 11.6 Å². The zero-order chi connectivity index (χ0) is 18.0. The van der Waals surface area contributed by atoms with Crippen molar-refractivity contribution in [2.45, 2.75) is 27.7 Å². The van der Waals surface area contributed by atoms with Crippen LogP contribution < -0.4 is 0 Å². The molecule has 0 aliphatic carbocycles. The van der Waals surface area contributed by atoms with Crippen molar-refractivity contribution < 1.29 is 4.79 Å². The van der Waals surface area contributed by atoms with Gasteiger partial charge >= 0.3 is 0 Å². The molecule has 0 spiro atoms. The average Bonchev–Trinajstić information content (AvgIpc) is 2.81. The molecular formula is C20H23N3O. The number of carbonyl (C=O) groups is 1. The van der Waals surface area contributed by atoms with E-state index in [9.17, 15) is 10.1 Å². The first-order valence-corrected chi connectivity index (χ1v) is 7.87. The fraction of sp³-hybridized carbons (Fsp3) is 0.300. The zero-order valence-electron chi connectivity index (χ0n) is 15.1. The Hall–Kier alpha value is -2.80. The van der Waals surface area contributed by atoms with E-state index >= 15 is 0 Å².